The second kappa shape index (κ2) is 6.91. The smallest absolute Gasteiger partial charge is 0.160 e. The van der Waals surface area contributed by atoms with Crippen LogP contribution in [0.15, 0.2) is 17.5 Å². The van der Waals surface area contributed by atoms with Crippen molar-refractivity contribution in [3.8, 4) is 10.4 Å². The molecular weight excluding hydrogens is 300 g/mol. The fraction of sp³-hybridized carbons (Fsp3) is 0.312. The molecule has 0 saturated carbocycles. The first-order valence-corrected chi connectivity index (χ1v) is 7.88. The van der Waals surface area contributed by atoms with Crippen molar-refractivity contribution in [2.24, 2.45) is 0 Å². The Morgan fingerprint density at radius 3 is 2.32 bits per heavy atom. The highest BCUT2D eigenvalue weighted by molar-refractivity contribution is 7.14. The number of benzene rings is 1. The molecule has 1 aromatic carbocycles. The summed E-state index contributed by atoms with van der Waals surface area (Å²) in [5, 5.41) is 20.2. The molecule has 0 fully saturated rings. The van der Waals surface area contributed by atoms with Crippen molar-refractivity contribution >= 4 is 28.5 Å². The van der Waals surface area contributed by atoms with Gasteiger partial charge in [-0.25, -0.2) is 0 Å². The molecule has 0 unspecified atom stereocenters. The highest BCUT2D eigenvalue weighted by atomic mass is 32.1. The van der Waals surface area contributed by atoms with Crippen molar-refractivity contribution in [3.05, 3.63) is 34.2 Å². The number of carbonyl (C=O) groups is 1. The number of Topliss-reactive ketones (excluding diaryl/α,β-unsaturated/α-hetero) is 1. The van der Waals surface area contributed by atoms with Gasteiger partial charge in [-0.15, -0.1) is 11.3 Å². The first-order valence-electron chi connectivity index (χ1n) is 7.00. The number of hydrogen-bond acceptors (Lipinski definition) is 6. The molecule has 0 saturated heterocycles. The van der Waals surface area contributed by atoms with Crippen LogP contribution in [-0.4, -0.2) is 29.2 Å². The number of aliphatic hydroxyl groups is 2. The second-order valence-electron chi connectivity index (χ2n) is 5.09. The van der Waals surface area contributed by atoms with Crippen LogP contribution < -0.4 is 11.5 Å². The number of ketones is 1. The lowest BCUT2D eigenvalue weighted by molar-refractivity contribution is 0.101. The van der Waals surface area contributed by atoms with Crippen LogP contribution in [0.1, 0.15) is 28.4 Å². The minimum Gasteiger partial charge on any atom is -0.398 e. The molecule has 0 atom stereocenters. The minimum atomic E-state index is -0.0470. The zero-order chi connectivity index (χ0) is 16.3. The predicted molar refractivity (Wildman–Crippen MR) is 90.2 cm³/mol. The summed E-state index contributed by atoms with van der Waals surface area (Å²) in [6.45, 7) is 1.44. The summed E-state index contributed by atoms with van der Waals surface area (Å²) in [6.07, 6.45) is 0.777. The highest BCUT2D eigenvalue weighted by Gasteiger charge is 2.17. The summed E-state index contributed by atoms with van der Waals surface area (Å²) in [7, 11) is 0. The molecule has 6 N–H and O–H groups in total. The zero-order valence-corrected chi connectivity index (χ0v) is 13.2. The van der Waals surface area contributed by atoms with Gasteiger partial charge < -0.3 is 21.7 Å². The molecule has 1 aromatic heterocycles. The summed E-state index contributed by atoms with van der Waals surface area (Å²) in [5.74, 6) is 0.00141. The summed E-state index contributed by atoms with van der Waals surface area (Å²) in [4.78, 5) is 12.3. The first kappa shape index (κ1) is 16.5. The van der Waals surface area contributed by atoms with Crippen LogP contribution in [0, 0.1) is 0 Å². The van der Waals surface area contributed by atoms with Gasteiger partial charge in [0.15, 0.2) is 5.78 Å². The van der Waals surface area contributed by atoms with E-state index >= 15 is 0 Å². The minimum absolute atomic E-state index is 0.00141. The number of hydrogen-bond donors (Lipinski definition) is 4. The third-order valence-electron chi connectivity index (χ3n) is 3.62. The van der Waals surface area contributed by atoms with E-state index in [4.69, 9.17) is 11.5 Å². The molecule has 2 aromatic rings. The van der Waals surface area contributed by atoms with E-state index in [0.717, 1.165) is 21.6 Å². The SMILES string of the molecule is CC(=O)c1csc(-c2cc(N)c(CCO)c(CCO)c2N)c1. The van der Waals surface area contributed by atoms with Crippen LogP contribution >= 0.6 is 11.3 Å². The number of aliphatic hydroxyl groups excluding tert-OH is 2. The van der Waals surface area contributed by atoms with Gasteiger partial charge in [0.2, 0.25) is 0 Å². The van der Waals surface area contributed by atoms with E-state index in [-0.39, 0.29) is 19.0 Å². The van der Waals surface area contributed by atoms with Crippen LogP contribution in [0.2, 0.25) is 0 Å². The van der Waals surface area contributed by atoms with Crippen molar-refractivity contribution in [2.45, 2.75) is 19.8 Å². The molecule has 5 nitrogen and oxygen atoms in total. The molecule has 0 aliphatic heterocycles. The normalized spacial score (nSPS) is 10.9. The monoisotopic (exact) mass is 320 g/mol. The zero-order valence-electron chi connectivity index (χ0n) is 12.4. The molecule has 0 aliphatic rings. The van der Waals surface area contributed by atoms with Crippen molar-refractivity contribution in [1.29, 1.82) is 0 Å². The van der Waals surface area contributed by atoms with Gasteiger partial charge >= 0.3 is 0 Å². The Labute approximate surface area is 133 Å². The van der Waals surface area contributed by atoms with Gasteiger partial charge in [-0.2, -0.15) is 0 Å². The lowest BCUT2D eigenvalue weighted by Crippen LogP contribution is -2.09. The van der Waals surface area contributed by atoms with E-state index < -0.39 is 0 Å². The lowest BCUT2D eigenvalue weighted by atomic mass is 9.94. The van der Waals surface area contributed by atoms with Crippen molar-refractivity contribution in [1.82, 2.24) is 0 Å². The van der Waals surface area contributed by atoms with Gasteiger partial charge in [-0.3, -0.25) is 4.79 Å². The third-order valence-corrected chi connectivity index (χ3v) is 4.59. The molecule has 0 spiro atoms. The van der Waals surface area contributed by atoms with Crippen LogP contribution in [0.4, 0.5) is 11.4 Å². The van der Waals surface area contributed by atoms with Gasteiger partial charge in [0.05, 0.1) is 0 Å². The molecule has 0 bridgehead atoms. The summed E-state index contributed by atoms with van der Waals surface area (Å²) >= 11 is 1.43. The Bertz CT molecular complexity index is 695. The standard InChI is InChI=1S/C16H20N2O3S/c1-9(21)10-6-15(22-8-10)13-7-14(17)11(2-4-19)12(3-5-20)16(13)18/h6-8,19-20H,2-5,17-18H2,1H3. The molecule has 6 heteroatoms. The van der Waals surface area contributed by atoms with E-state index in [1.54, 1.807) is 17.5 Å². The Kier molecular flexibility index (Phi) is 5.18. The van der Waals surface area contributed by atoms with Crippen LogP contribution in [0.3, 0.4) is 0 Å². The van der Waals surface area contributed by atoms with Gasteiger partial charge in [0, 0.05) is 46.0 Å². The highest BCUT2D eigenvalue weighted by Crippen LogP contribution is 2.38. The van der Waals surface area contributed by atoms with Gasteiger partial charge in [0.1, 0.15) is 0 Å². The Morgan fingerprint density at radius 2 is 1.77 bits per heavy atom. The topological polar surface area (TPSA) is 110 Å². The lowest BCUT2D eigenvalue weighted by Gasteiger charge is -2.17. The molecule has 0 radical (unpaired) electrons. The van der Waals surface area contributed by atoms with Gasteiger partial charge in [-0.05, 0) is 43.0 Å². The fourth-order valence-electron chi connectivity index (χ4n) is 2.49. The Balaban J connectivity index is 2.58. The van der Waals surface area contributed by atoms with Gasteiger partial charge in [0.25, 0.3) is 0 Å². The van der Waals surface area contributed by atoms with E-state index in [2.05, 4.69) is 0 Å². The average Bonchev–Trinajstić information content (AvgIpc) is 2.96. The largest absolute Gasteiger partial charge is 0.398 e. The first-order chi connectivity index (χ1) is 10.5. The number of rotatable bonds is 6. The number of nitrogen functional groups attached to an aromatic ring is 2. The molecule has 22 heavy (non-hydrogen) atoms. The number of anilines is 2. The molecule has 0 aliphatic carbocycles. The number of carbonyl (C=O) groups excluding carboxylic acids is 1. The van der Waals surface area contributed by atoms with Gasteiger partial charge in [-0.1, -0.05) is 0 Å². The van der Waals surface area contributed by atoms with Crippen molar-refractivity contribution in [2.75, 3.05) is 24.7 Å². The maximum absolute atomic E-state index is 11.4. The maximum Gasteiger partial charge on any atom is 0.160 e. The fourth-order valence-corrected chi connectivity index (χ4v) is 3.47. The Hall–Kier alpha value is -1.89. The Morgan fingerprint density at radius 1 is 1.14 bits per heavy atom. The van der Waals surface area contributed by atoms with Crippen LogP contribution in [-0.2, 0) is 12.8 Å². The second-order valence-corrected chi connectivity index (χ2v) is 6.00. The van der Waals surface area contributed by atoms with E-state index in [9.17, 15) is 15.0 Å². The molecule has 0 amide bonds. The van der Waals surface area contributed by atoms with E-state index in [1.807, 2.05) is 0 Å². The van der Waals surface area contributed by atoms with Crippen molar-refractivity contribution in [3.63, 3.8) is 0 Å². The van der Waals surface area contributed by atoms with Crippen LogP contribution in [0.5, 0.6) is 0 Å². The number of thiophene rings is 1. The molecular formula is C16H20N2O3S. The summed E-state index contributed by atoms with van der Waals surface area (Å²) < 4.78 is 0. The van der Waals surface area contributed by atoms with Crippen molar-refractivity contribution < 1.29 is 15.0 Å². The van der Waals surface area contributed by atoms with Crippen LogP contribution in [0.25, 0.3) is 10.4 Å². The summed E-state index contributed by atoms with van der Waals surface area (Å²) in [5.41, 5.74) is 16.4. The molecule has 1 heterocycles. The predicted octanol–water partition coefficient (Wildman–Crippen LogP) is 1.85. The van der Waals surface area contributed by atoms with E-state index in [0.29, 0.717) is 29.8 Å². The quantitative estimate of drug-likeness (QED) is 0.480. The third kappa shape index (κ3) is 3.14. The average molecular weight is 320 g/mol. The number of nitrogens with two attached hydrogens (primary N) is 2. The maximum atomic E-state index is 11.4. The molecule has 2 rings (SSSR count). The summed E-state index contributed by atoms with van der Waals surface area (Å²) in [6, 6.07) is 3.57. The van der Waals surface area contributed by atoms with E-state index in [1.165, 1.54) is 18.3 Å². The molecule has 118 valence electrons.